The van der Waals surface area contributed by atoms with Crippen molar-refractivity contribution in [3.63, 3.8) is 0 Å². The number of carbonyl (C=O) groups is 4. The van der Waals surface area contributed by atoms with Gasteiger partial charge in [-0.25, -0.2) is 9.59 Å². The maximum atomic E-state index is 14.1. The zero-order valence-electron chi connectivity index (χ0n) is 25.1. The van der Waals surface area contributed by atoms with Gasteiger partial charge in [0.15, 0.2) is 0 Å². The molecule has 17 heteroatoms. The number of likely N-dealkylation sites (tertiary alicyclic amines) is 2. The summed E-state index contributed by atoms with van der Waals surface area (Å²) in [5.41, 5.74) is 2.99. The average Bonchev–Trinajstić information content (AvgIpc) is 3.59. The summed E-state index contributed by atoms with van der Waals surface area (Å²) in [7, 11) is 1.91. The molecule has 0 radical (unpaired) electrons. The van der Waals surface area contributed by atoms with Crippen molar-refractivity contribution in [1.82, 2.24) is 24.6 Å². The molecular formula is C30H31F6N5O6. The third kappa shape index (κ3) is 9.07. The molecule has 2 aromatic heterocycles. The van der Waals surface area contributed by atoms with Crippen LogP contribution in [0, 0.1) is 12.3 Å². The molecule has 2 amide bonds. The number of amides is 2. The number of carboxylic acids is 2. The molecule has 1 aromatic carbocycles. The summed E-state index contributed by atoms with van der Waals surface area (Å²) in [6.45, 7) is 4.18. The van der Waals surface area contributed by atoms with Gasteiger partial charge in [-0.15, -0.1) is 0 Å². The maximum absolute atomic E-state index is 14.1. The first-order valence-corrected chi connectivity index (χ1v) is 14.0. The van der Waals surface area contributed by atoms with Crippen molar-refractivity contribution in [3.05, 3.63) is 83.4 Å². The van der Waals surface area contributed by atoms with E-state index in [9.17, 15) is 35.9 Å². The Kier molecular flexibility index (Phi) is 11.4. The molecule has 2 aliphatic heterocycles. The lowest BCUT2D eigenvalue weighted by Gasteiger charge is -2.42. The van der Waals surface area contributed by atoms with E-state index in [-0.39, 0.29) is 17.7 Å². The van der Waals surface area contributed by atoms with Crippen molar-refractivity contribution >= 4 is 23.8 Å². The van der Waals surface area contributed by atoms with E-state index >= 15 is 0 Å². The third-order valence-electron chi connectivity index (χ3n) is 7.63. The molecule has 2 fully saturated rings. The van der Waals surface area contributed by atoms with Crippen LogP contribution >= 0.6 is 0 Å². The fourth-order valence-electron chi connectivity index (χ4n) is 5.56. The molecule has 2 N–H and O–H groups in total. The Labute approximate surface area is 264 Å². The molecule has 3 aromatic rings. The Morgan fingerprint density at radius 1 is 0.979 bits per heavy atom. The number of nitrogens with zero attached hydrogens (tertiary/aromatic N) is 5. The zero-order valence-corrected chi connectivity index (χ0v) is 25.1. The Morgan fingerprint density at radius 2 is 1.57 bits per heavy atom. The molecule has 2 saturated heterocycles. The average molecular weight is 672 g/mol. The SMILES string of the molecule is Cc1cncc(C(=O)N2C[C@@H](c3ccnn3C)[C@@]3(CCCN(Cc4ccccc4)C3=O)C2)c1.O=C(O)C(F)(F)F.O=C(O)C(F)(F)F. The van der Waals surface area contributed by atoms with Crippen LogP contribution in [-0.4, -0.2) is 90.5 Å². The van der Waals surface area contributed by atoms with Gasteiger partial charge in [-0.1, -0.05) is 30.3 Å². The molecule has 2 aliphatic rings. The van der Waals surface area contributed by atoms with Crippen molar-refractivity contribution in [2.45, 2.75) is 44.6 Å². The Morgan fingerprint density at radius 3 is 2.09 bits per heavy atom. The second kappa shape index (κ2) is 14.6. The van der Waals surface area contributed by atoms with Crippen molar-refractivity contribution in [2.75, 3.05) is 19.6 Å². The normalized spacial score (nSPS) is 19.4. The van der Waals surface area contributed by atoms with Crippen LogP contribution in [0.25, 0.3) is 0 Å². The molecule has 5 rings (SSSR count). The predicted octanol–water partition coefficient (Wildman–Crippen LogP) is 4.44. The lowest BCUT2D eigenvalue weighted by molar-refractivity contribution is -0.193. The zero-order chi connectivity index (χ0) is 35.2. The summed E-state index contributed by atoms with van der Waals surface area (Å²) in [4.78, 5) is 53.3. The van der Waals surface area contributed by atoms with E-state index in [1.165, 1.54) is 0 Å². The molecule has 0 bridgehead atoms. The highest BCUT2D eigenvalue weighted by molar-refractivity contribution is 5.96. The second-order valence-electron chi connectivity index (χ2n) is 10.9. The van der Waals surface area contributed by atoms with Gasteiger partial charge in [0, 0.05) is 63.4 Å². The highest BCUT2D eigenvalue weighted by atomic mass is 19.4. The first kappa shape index (κ1) is 36.5. The van der Waals surface area contributed by atoms with Crippen LogP contribution in [0.5, 0.6) is 0 Å². The third-order valence-corrected chi connectivity index (χ3v) is 7.63. The van der Waals surface area contributed by atoms with Gasteiger partial charge in [0.1, 0.15) is 0 Å². The van der Waals surface area contributed by atoms with E-state index in [1.807, 2.05) is 58.8 Å². The van der Waals surface area contributed by atoms with Crippen LogP contribution < -0.4 is 0 Å². The van der Waals surface area contributed by atoms with Gasteiger partial charge >= 0.3 is 24.3 Å². The van der Waals surface area contributed by atoms with E-state index in [2.05, 4.69) is 22.2 Å². The molecule has 0 aliphatic carbocycles. The number of aromatic nitrogens is 3. The van der Waals surface area contributed by atoms with Gasteiger partial charge in [0.25, 0.3) is 5.91 Å². The molecule has 254 valence electrons. The number of alkyl halides is 6. The molecule has 4 heterocycles. The standard InChI is InChI=1S/C26H29N5O2.2C2HF3O2/c1-19-13-21(15-27-14-19)24(32)31-17-22(23-9-11-28-29(23)2)26(18-31)10-6-12-30(25(26)33)16-20-7-4-3-5-8-20;2*3-2(4,5)1(6)7/h3-5,7-9,11,13-15,22H,6,10,12,16-18H2,1-2H3;2*(H,6,7)/t22-,26+;;/m0../s1. The van der Waals surface area contributed by atoms with E-state index in [0.29, 0.717) is 25.2 Å². The van der Waals surface area contributed by atoms with Gasteiger partial charge in [-0.2, -0.15) is 31.4 Å². The number of carbonyl (C=O) groups excluding carboxylic acids is 2. The molecule has 47 heavy (non-hydrogen) atoms. The van der Waals surface area contributed by atoms with Crippen molar-refractivity contribution in [2.24, 2.45) is 12.5 Å². The van der Waals surface area contributed by atoms with Crippen LogP contribution in [0.4, 0.5) is 26.3 Å². The summed E-state index contributed by atoms with van der Waals surface area (Å²) < 4.78 is 65.3. The van der Waals surface area contributed by atoms with Crippen molar-refractivity contribution < 1.29 is 55.7 Å². The van der Waals surface area contributed by atoms with Crippen LogP contribution in [0.3, 0.4) is 0 Å². The number of pyridine rings is 1. The van der Waals surface area contributed by atoms with E-state index in [1.54, 1.807) is 18.6 Å². The van der Waals surface area contributed by atoms with Gasteiger partial charge in [-0.05, 0) is 43.0 Å². The Hall–Kier alpha value is -4.96. The van der Waals surface area contributed by atoms with Crippen LogP contribution in [0.1, 0.15) is 45.9 Å². The smallest absolute Gasteiger partial charge is 0.475 e. The summed E-state index contributed by atoms with van der Waals surface area (Å²) in [6, 6.07) is 14.0. The maximum Gasteiger partial charge on any atom is 0.490 e. The van der Waals surface area contributed by atoms with Crippen molar-refractivity contribution in [3.8, 4) is 0 Å². The minimum absolute atomic E-state index is 0.0665. The lowest BCUT2D eigenvalue weighted by atomic mass is 9.70. The van der Waals surface area contributed by atoms with Crippen LogP contribution in [0.15, 0.2) is 61.1 Å². The van der Waals surface area contributed by atoms with E-state index < -0.39 is 29.7 Å². The number of hydrogen-bond acceptors (Lipinski definition) is 6. The first-order chi connectivity index (χ1) is 21.9. The number of benzene rings is 1. The van der Waals surface area contributed by atoms with Gasteiger partial charge in [-0.3, -0.25) is 19.3 Å². The number of rotatable bonds is 4. The number of carboxylic acid groups (broad SMARTS) is 2. The van der Waals surface area contributed by atoms with E-state index in [0.717, 1.165) is 36.2 Å². The summed E-state index contributed by atoms with van der Waals surface area (Å²) in [6.07, 6.45) is -3.35. The highest BCUT2D eigenvalue weighted by Gasteiger charge is 2.57. The lowest BCUT2D eigenvalue weighted by Crippen LogP contribution is -2.52. The fourth-order valence-corrected chi connectivity index (χ4v) is 5.56. The van der Waals surface area contributed by atoms with E-state index in [4.69, 9.17) is 19.8 Å². The minimum atomic E-state index is -5.08. The topological polar surface area (TPSA) is 146 Å². The number of aliphatic carboxylic acids is 2. The predicted molar refractivity (Wildman–Crippen MR) is 152 cm³/mol. The van der Waals surface area contributed by atoms with Crippen molar-refractivity contribution in [1.29, 1.82) is 0 Å². The van der Waals surface area contributed by atoms with Crippen LogP contribution in [0.2, 0.25) is 0 Å². The van der Waals surface area contributed by atoms with Gasteiger partial charge in [0.2, 0.25) is 5.91 Å². The Bertz CT molecular complexity index is 1550. The molecular weight excluding hydrogens is 640 g/mol. The number of piperidine rings is 1. The van der Waals surface area contributed by atoms with Gasteiger partial charge < -0.3 is 20.0 Å². The minimum Gasteiger partial charge on any atom is -0.475 e. The Balaban J connectivity index is 0.000000360. The number of hydrogen-bond donors (Lipinski definition) is 2. The quantitative estimate of drug-likeness (QED) is 0.388. The van der Waals surface area contributed by atoms with Gasteiger partial charge in [0.05, 0.1) is 11.0 Å². The molecule has 0 saturated carbocycles. The summed E-state index contributed by atoms with van der Waals surface area (Å²) in [5, 5.41) is 18.6. The number of aryl methyl sites for hydroxylation is 2. The monoisotopic (exact) mass is 671 g/mol. The molecule has 2 atom stereocenters. The fraction of sp³-hybridized carbons (Fsp3) is 0.400. The largest absolute Gasteiger partial charge is 0.490 e. The second-order valence-corrected chi connectivity index (χ2v) is 10.9. The molecule has 11 nitrogen and oxygen atoms in total. The first-order valence-electron chi connectivity index (χ1n) is 14.0. The summed E-state index contributed by atoms with van der Waals surface area (Å²) >= 11 is 0. The number of halogens is 6. The molecule has 0 unspecified atom stereocenters. The van der Waals surface area contributed by atoms with Crippen LogP contribution in [-0.2, 0) is 28.0 Å². The highest BCUT2D eigenvalue weighted by Crippen LogP contribution is 2.49. The molecule has 1 spiro atoms. The summed E-state index contributed by atoms with van der Waals surface area (Å²) in [5.74, 6) is -5.54.